The van der Waals surface area contributed by atoms with E-state index in [1.54, 1.807) is 0 Å². The molecule has 0 aliphatic rings. The molecule has 1 aromatic heterocycles. The van der Waals surface area contributed by atoms with Gasteiger partial charge in [0.2, 0.25) is 11.8 Å². The summed E-state index contributed by atoms with van der Waals surface area (Å²) in [6.07, 6.45) is 1.39. The van der Waals surface area contributed by atoms with Gasteiger partial charge in [-0.3, -0.25) is 9.11 Å². The van der Waals surface area contributed by atoms with Crippen LogP contribution in [-0.4, -0.2) is 32.6 Å². The number of aromatic nitrogens is 2. The highest BCUT2D eigenvalue weighted by Gasteiger charge is 1.86. The van der Waals surface area contributed by atoms with Gasteiger partial charge in [-0.05, 0) is 0 Å². The largest absolute Gasteiger partial charge is 0.493 e. The highest BCUT2D eigenvalue weighted by atomic mass is 32.3. The Hall–Kier alpha value is -1.45. The summed E-state index contributed by atoms with van der Waals surface area (Å²) in [5, 5.41) is 8.58. The van der Waals surface area contributed by atoms with Gasteiger partial charge in [0.05, 0.1) is 0 Å². The molecule has 8 nitrogen and oxygen atoms in total. The minimum absolute atomic E-state index is 0.0880. The molecule has 0 unspecified atom stereocenters. The molecule has 0 aliphatic heterocycles. The number of anilines is 1. The molecule has 9 heteroatoms. The lowest BCUT2D eigenvalue weighted by atomic mass is 10.6. The molecule has 0 spiro atoms. The summed E-state index contributed by atoms with van der Waals surface area (Å²) in [4.78, 5) is 6.94. The number of hydrogen-bond donors (Lipinski definition) is 4. The fourth-order valence-electron chi connectivity index (χ4n) is 0.364. The molecule has 0 saturated heterocycles. The third-order valence-electron chi connectivity index (χ3n) is 0.660. The minimum Gasteiger partial charge on any atom is -0.493 e. The Bertz CT molecular complexity index is 339. The van der Waals surface area contributed by atoms with Gasteiger partial charge in [0, 0.05) is 12.3 Å². The van der Waals surface area contributed by atoms with Crippen molar-refractivity contribution in [2.24, 2.45) is 0 Å². The van der Waals surface area contributed by atoms with Crippen molar-refractivity contribution in [3.05, 3.63) is 12.3 Å². The summed E-state index contributed by atoms with van der Waals surface area (Å²) >= 11 is 0. The van der Waals surface area contributed by atoms with Crippen LogP contribution in [0, 0.1) is 0 Å². The molecule has 1 aromatic rings. The summed E-state index contributed by atoms with van der Waals surface area (Å²) in [5.74, 6) is -0.0116. The van der Waals surface area contributed by atoms with Gasteiger partial charge in [0.1, 0.15) is 0 Å². The second-order valence-corrected chi connectivity index (χ2v) is 2.62. The highest BCUT2D eigenvalue weighted by molar-refractivity contribution is 7.79. The average Bonchev–Trinajstić information content (AvgIpc) is 1.81. The van der Waals surface area contributed by atoms with E-state index in [0.717, 1.165) is 0 Å². The van der Waals surface area contributed by atoms with E-state index in [0.29, 0.717) is 0 Å². The van der Waals surface area contributed by atoms with Gasteiger partial charge in [0.15, 0.2) is 0 Å². The third-order valence-corrected chi connectivity index (χ3v) is 0.660. The lowest BCUT2D eigenvalue weighted by Gasteiger charge is -1.88. The number of hydrogen-bond acceptors (Lipinski definition) is 6. The molecule has 0 amide bonds. The predicted octanol–water partition coefficient (Wildman–Crippen LogP) is -0.888. The molecule has 1 rings (SSSR count). The predicted molar refractivity (Wildman–Crippen MR) is 42.3 cm³/mol. The lowest BCUT2D eigenvalue weighted by Crippen LogP contribution is -1.91. The lowest BCUT2D eigenvalue weighted by molar-refractivity contribution is 0.381. The maximum Gasteiger partial charge on any atom is 0.394 e. The van der Waals surface area contributed by atoms with Crippen LogP contribution in [0.3, 0.4) is 0 Å². The first-order chi connectivity index (χ1) is 5.79. The van der Waals surface area contributed by atoms with Crippen LogP contribution in [0.5, 0.6) is 5.88 Å². The number of nitrogens with two attached hydrogens (primary N) is 1. The van der Waals surface area contributed by atoms with Crippen LogP contribution in [0.1, 0.15) is 0 Å². The highest BCUT2D eigenvalue weighted by Crippen LogP contribution is 2.00. The average molecular weight is 209 g/mol. The van der Waals surface area contributed by atoms with E-state index < -0.39 is 10.4 Å². The van der Waals surface area contributed by atoms with E-state index in [-0.39, 0.29) is 11.8 Å². The molecule has 0 saturated carbocycles. The van der Waals surface area contributed by atoms with Crippen LogP contribution < -0.4 is 5.73 Å². The van der Waals surface area contributed by atoms with E-state index in [2.05, 4.69) is 9.97 Å². The third kappa shape index (κ3) is 10.6. The first-order valence-electron chi connectivity index (χ1n) is 2.76. The van der Waals surface area contributed by atoms with Gasteiger partial charge in [-0.15, -0.1) is 0 Å². The van der Waals surface area contributed by atoms with Gasteiger partial charge in [0.25, 0.3) is 0 Å². The maximum atomic E-state index is 8.74. The van der Waals surface area contributed by atoms with Gasteiger partial charge < -0.3 is 10.8 Å². The summed E-state index contributed by atoms with van der Waals surface area (Å²) in [5.41, 5.74) is 5.08. The zero-order valence-electron chi connectivity index (χ0n) is 6.19. The molecule has 0 atom stereocenters. The summed E-state index contributed by atoms with van der Waals surface area (Å²) in [6.45, 7) is 0. The Morgan fingerprint density at radius 1 is 1.38 bits per heavy atom. The Kier molecular flexibility index (Phi) is 4.04. The van der Waals surface area contributed by atoms with E-state index in [1.807, 2.05) is 0 Å². The van der Waals surface area contributed by atoms with Crippen LogP contribution in [-0.2, 0) is 10.4 Å². The van der Waals surface area contributed by atoms with Crippen molar-refractivity contribution >= 4 is 16.3 Å². The van der Waals surface area contributed by atoms with Crippen molar-refractivity contribution in [3.63, 3.8) is 0 Å². The molecular weight excluding hydrogens is 202 g/mol. The van der Waals surface area contributed by atoms with Gasteiger partial charge in [-0.1, -0.05) is 0 Å². The Morgan fingerprint density at radius 3 is 2.08 bits per heavy atom. The Morgan fingerprint density at radius 2 is 1.85 bits per heavy atom. The van der Waals surface area contributed by atoms with E-state index >= 15 is 0 Å². The van der Waals surface area contributed by atoms with Crippen molar-refractivity contribution in [3.8, 4) is 5.88 Å². The van der Waals surface area contributed by atoms with Gasteiger partial charge in [-0.2, -0.15) is 13.4 Å². The summed E-state index contributed by atoms with van der Waals surface area (Å²) < 4.78 is 31.6. The van der Waals surface area contributed by atoms with Gasteiger partial charge in [-0.25, -0.2) is 4.98 Å². The molecule has 0 bridgehead atoms. The molecule has 0 aliphatic carbocycles. The second kappa shape index (κ2) is 4.54. The molecule has 0 aromatic carbocycles. The molecule has 13 heavy (non-hydrogen) atoms. The van der Waals surface area contributed by atoms with Crippen LogP contribution in [0.25, 0.3) is 0 Å². The minimum atomic E-state index is -4.67. The molecule has 0 fully saturated rings. The van der Waals surface area contributed by atoms with Crippen molar-refractivity contribution in [2.75, 3.05) is 5.73 Å². The Balaban J connectivity index is 0.000000252. The molecular formula is C4H7N3O5S. The number of rotatable bonds is 0. The first kappa shape index (κ1) is 11.6. The van der Waals surface area contributed by atoms with Crippen LogP contribution >= 0.6 is 0 Å². The van der Waals surface area contributed by atoms with E-state index in [1.165, 1.54) is 12.3 Å². The molecule has 0 radical (unpaired) electrons. The summed E-state index contributed by atoms with van der Waals surface area (Å²) in [6, 6.07) is 1.36. The fourth-order valence-corrected chi connectivity index (χ4v) is 0.364. The molecule has 5 N–H and O–H groups in total. The number of nitrogen functional groups attached to an aromatic ring is 1. The van der Waals surface area contributed by atoms with Crippen LogP contribution in [0.4, 0.5) is 5.95 Å². The van der Waals surface area contributed by atoms with E-state index in [4.69, 9.17) is 28.4 Å². The monoisotopic (exact) mass is 209 g/mol. The fraction of sp³-hybridized carbons (Fsp3) is 0. The van der Waals surface area contributed by atoms with Gasteiger partial charge >= 0.3 is 10.4 Å². The van der Waals surface area contributed by atoms with Crippen molar-refractivity contribution in [1.82, 2.24) is 9.97 Å². The smallest absolute Gasteiger partial charge is 0.394 e. The van der Waals surface area contributed by atoms with E-state index in [9.17, 15) is 0 Å². The molecule has 1 heterocycles. The van der Waals surface area contributed by atoms with Crippen LogP contribution in [0.15, 0.2) is 12.3 Å². The van der Waals surface area contributed by atoms with Crippen molar-refractivity contribution < 1.29 is 22.6 Å². The first-order valence-corrected chi connectivity index (χ1v) is 4.16. The maximum absolute atomic E-state index is 8.74. The zero-order chi connectivity index (χ0) is 10.5. The molecule has 74 valence electrons. The quantitative estimate of drug-likeness (QED) is 0.402. The standard InChI is InChI=1S/C4H5N3O.H2O4S/c5-4-6-2-1-3(8)7-4;1-5(2,3)4/h1-2H,(H3,5,6,7,8);(H2,1,2,3,4). The second-order valence-electron chi connectivity index (χ2n) is 1.72. The van der Waals surface area contributed by atoms with Crippen LogP contribution in [0.2, 0.25) is 0 Å². The van der Waals surface area contributed by atoms with Crippen molar-refractivity contribution in [1.29, 1.82) is 0 Å². The van der Waals surface area contributed by atoms with Crippen molar-refractivity contribution in [2.45, 2.75) is 0 Å². The Labute approximate surface area is 73.6 Å². The SMILES string of the molecule is Nc1nccc(O)n1.O=S(=O)(O)O. The number of nitrogens with zero attached hydrogens (tertiary/aromatic N) is 2. The topological polar surface area (TPSA) is 147 Å². The summed E-state index contributed by atoms with van der Waals surface area (Å²) in [7, 11) is -4.67. The normalized spacial score (nSPS) is 10.0. The number of aromatic hydroxyl groups is 1. The zero-order valence-corrected chi connectivity index (χ0v) is 7.01.